The topological polar surface area (TPSA) is 49.8 Å². The van der Waals surface area contributed by atoms with Crippen molar-refractivity contribution < 1.29 is 14.6 Å². The molecule has 2 aromatic rings. The van der Waals surface area contributed by atoms with E-state index in [2.05, 4.69) is 0 Å². The highest BCUT2D eigenvalue weighted by Crippen LogP contribution is 2.36. The van der Waals surface area contributed by atoms with Crippen LogP contribution in [0.15, 0.2) is 66.7 Å². The van der Waals surface area contributed by atoms with Crippen LogP contribution in [0.4, 0.5) is 0 Å². The molecule has 1 N–H and O–H groups in total. The summed E-state index contributed by atoms with van der Waals surface area (Å²) in [6, 6.07) is 19.5. The number of nitrogens with zero attached hydrogens (tertiary/aromatic N) is 1. The Morgan fingerprint density at radius 3 is 2.42 bits per heavy atom. The monoisotopic (exact) mass is 321 g/mol. The minimum atomic E-state index is -0.996. The van der Waals surface area contributed by atoms with Crippen LogP contribution in [0.5, 0.6) is 0 Å². The Bertz CT molecular complexity index is 757. The summed E-state index contributed by atoms with van der Waals surface area (Å²) >= 11 is 0. The lowest BCUT2D eigenvalue weighted by molar-refractivity contribution is -0.176. The number of hydrogen-bond acceptors (Lipinski definition) is 3. The zero-order valence-electron chi connectivity index (χ0n) is 13.2. The molecule has 1 amide bonds. The van der Waals surface area contributed by atoms with E-state index in [1.54, 1.807) is 4.90 Å². The second kappa shape index (κ2) is 6.23. The van der Waals surface area contributed by atoms with Crippen molar-refractivity contribution in [3.63, 3.8) is 0 Å². The molecule has 0 saturated carbocycles. The lowest BCUT2D eigenvalue weighted by Crippen LogP contribution is -2.68. The standard InChI is InChI=1S/C20H19NO3/c22-18-17(21(20(18)23)13-14-7-3-1-4-8-14)19-16(11-12-24-19)15-9-5-2-6-10-15/h1-11,17-19,22H,12-13H2/t17-,18-,19-/m1/s1. The van der Waals surface area contributed by atoms with Crippen molar-refractivity contribution >= 4 is 11.5 Å². The minimum absolute atomic E-state index is 0.230. The fraction of sp³-hybridized carbons (Fsp3) is 0.250. The molecule has 0 radical (unpaired) electrons. The molecule has 4 rings (SSSR count). The molecule has 2 aliphatic heterocycles. The summed E-state index contributed by atoms with van der Waals surface area (Å²) in [6.45, 7) is 0.995. The summed E-state index contributed by atoms with van der Waals surface area (Å²) in [6.07, 6.45) is 0.753. The van der Waals surface area contributed by atoms with Gasteiger partial charge in [0.25, 0.3) is 5.91 Å². The number of amides is 1. The van der Waals surface area contributed by atoms with Crippen LogP contribution in [-0.4, -0.2) is 40.8 Å². The first-order valence-corrected chi connectivity index (χ1v) is 8.15. The highest BCUT2D eigenvalue weighted by Gasteiger charge is 2.52. The Kier molecular flexibility index (Phi) is 3.92. The molecule has 0 aliphatic carbocycles. The molecule has 4 nitrogen and oxygen atoms in total. The van der Waals surface area contributed by atoms with E-state index >= 15 is 0 Å². The number of β-lactam (4-membered cyclic amide) rings is 1. The first-order chi connectivity index (χ1) is 11.8. The summed E-state index contributed by atoms with van der Waals surface area (Å²) in [5.74, 6) is -0.230. The van der Waals surface area contributed by atoms with Crippen molar-refractivity contribution in [1.82, 2.24) is 4.90 Å². The fourth-order valence-corrected chi connectivity index (χ4v) is 3.49. The molecule has 2 heterocycles. The fourth-order valence-electron chi connectivity index (χ4n) is 3.49. The SMILES string of the molecule is O=C1[C@H](O)[C@H]([C@@H]2OCC=C2c2ccccc2)N1Cc1ccccc1. The molecule has 1 saturated heterocycles. The van der Waals surface area contributed by atoms with Gasteiger partial charge >= 0.3 is 0 Å². The Hall–Kier alpha value is -2.43. The number of carbonyl (C=O) groups excluding carboxylic acids is 1. The van der Waals surface area contributed by atoms with E-state index in [4.69, 9.17) is 4.74 Å². The molecular weight excluding hydrogens is 302 g/mol. The Morgan fingerprint density at radius 2 is 1.71 bits per heavy atom. The van der Waals surface area contributed by atoms with Crippen LogP contribution in [-0.2, 0) is 16.1 Å². The van der Waals surface area contributed by atoms with Crippen molar-refractivity contribution in [3.05, 3.63) is 77.9 Å². The van der Waals surface area contributed by atoms with Gasteiger partial charge in [-0.2, -0.15) is 0 Å². The minimum Gasteiger partial charge on any atom is -0.381 e. The molecule has 24 heavy (non-hydrogen) atoms. The summed E-state index contributed by atoms with van der Waals surface area (Å²) in [5.41, 5.74) is 3.17. The molecule has 4 heteroatoms. The van der Waals surface area contributed by atoms with Crippen molar-refractivity contribution in [1.29, 1.82) is 0 Å². The zero-order chi connectivity index (χ0) is 16.5. The van der Waals surface area contributed by atoms with Gasteiger partial charge < -0.3 is 14.7 Å². The number of hydrogen-bond donors (Lipinski definition) is 1. The van der Waals surface area contributed by atoms with Gasteiger partial charge in [-0.25, -0.2) is 0 Å². The van der Waals surface area contributed by atoms with E-state index in [0.717, 1.165) is 16.7 Å². The third kappa shape index (κ3) is 2.54. The maximum Gasteiger partial charge on any atom is 0.254 e. The van der Waals surface area contributed by atoms with Gasteiger partial charge in [-0.1, -0.05) is 66.7 Å². The van der Waals surface area contributed by atoms with Gasteiger partial charge in [-0.05, 0) is 16.7 Å². The molecular formula is C20H19NO3. The van der Waals surface area contributed by atoms with Gasteiger partial charge in [-0.3, -0.25) is 4.79 Å². The number of rotatable bonds is 4. The predicted molar refractivity (Wildman–Crippen MR) is 90.9 cm³/mol. The lowest BCUT2D eigenvalue weighted by Gasteiger charge is -2.47. The van der Waals surface area contributed by atoms with Crippen LogP contribution in [0, 0.1) is 0 Å². The molecule has 2 aliphatic rings. The number of aliphatic hydroxyl groups is 1. The third-order valence-electron chi connectivity index (χ3n) is 4.72. The molecule has 0 aromatic heterocycles. The number of ether oxygens (including phenoxy) is 1. The van der Waals surface area contributed by atoms with E-state index in [1.165, 1.54) is 0 Å². The van der Waals surface area contributed by atoms with Gasteiger partial charge in [0.15, 0.2) is 6.10 Å². The largest absolute Gasteiger partial charge is 0.381 e. The van der Waals surface area contributed by atoms with Gasteiger partial charge in [0.1, 0.15) is 6.10 Å². The Balaban J connectivity index is 1.58. The van der Waals surface area contributed by atoms with Gasteiger partial charge in [-0.15, -0.1) is 0 Å². The normalized spacial score (nSPS) is 26.2. The quantitative estimate of drug-likeness (QED) is 0.879. The van der Waals surface area contributed by atoms with E-state index in [1.807, 2.05) is 66.7 Å². The summed E-state index contributed by atoms with van der Waals surface area (Å²) < 4.78 is 5.86. The lowest BCUT2D eigenvalue weighted by atomic mass is 9.86. The van der Waals surface area contributed by atoms with Crippen LogP contribution < -0.4 is 0 Å². The van der Waals surface area contributed by atoms with Crippen molar-refractivity contribution in [2.45, 2.75) is 24.8 Å². The predicted octanol–water partition coefficient (Wildman–Crippen LogP) is 2.24. The maximum absolute atomic E-state index is 12.2. The van der Waals surface area contributed by atoms with Crippen LogP contribution in [0.25, 0.3) is 5.57 Å². The first kappa shape index (κ1) is 15.1. The molecule has 0 spiro atoms. The number of carbonyl (C=O) groups is 1. The molecule has 0 bridgehead atoms. The highest BCUT2D eigenvalue weighted by atomic mass is 16.5. The van der Waals surface area contributed by atoms with E-state index < -0.39 is 6.10 Å². The maximum atomic E-state index is 12.2. The second-order valence-electron chi connectivity index (χ2n) is 6.17. The Labute approximate surface area is 141 Å². The van der Waals surface area contributed by atoms with Crippen LogP contribution in [0.2, 0.25) is 0 Å². The molecule has 0 unspecified atom stereocenters. The van der Waals surface area contributed by atoms with Gasteiger partial charge in [0.2, 0.25) is 0 Å². The second-order valence-corrected chi connectivity index (χ2v) is 6.17. The number of likely N-dealkylation sites (tertiary alicyclic amines) is 1. The van der Waals surface area contributed by atoms with E-state index in [0.29, 0.717) is 13.2 Å². The molecule has 122 valence electrons. The molecule has 2 aromatic carbocycles. The highest BCUT2D eigenvalue weighted by molar-refractivity contribution is 5.90. The van der Waals surface area contributed by atoms with Gasteiger partial charge in [0, 0.05) is 6.54 Å². The molecule has 1 fully saturated rings. The summed E-state index contributed by atoms with van der Waals surface area (Å²) in [4.78, 5) is 13.9. The van der Waals surface area contributed by atoms with Crippen LogP contribution >= 0.6 is 0 Å². The first-order valence-electron chi connectivity index (χ1n) is 8.15. The number of aliphatic hydroxyl groups excluding tert-OH is 1. The average Bonchev–Trinajstić information content (AvgIpc) is 3.11. The van der Waals surface area contributed by atoms with Crippen LogP contribution in [0.1, 0.15) is 11.1 Å². The van der Waals surface area contributed by atoms with Crippen molar-refractivity contribution in [2.75, 3.05) is 6.61 Å². The van der Waals surface area contributed by atoms with Crippen LogP contribution in [0.3, 0.4) is 0 Å². The smallest absolute Gasteiger partial charge is 0.254 e. The average molecular weight is 321 g/mol. The van der Waals surface area contributed by atoms with E-state index in [-0.39, 0.29) is 18.1 Å². The van der Waals surface area contributed by atoms with Crippen molar-refractivity contribution in [2.24, 2.45) is 0 Å². The van der Waals surface area contributed by atoms with E-state index in [9.17, 15) is 9.90 Å². The van der Waals surface area contributed by atoms with Gasteiger partial charge in [0.05, 0.1) is 12.6 Å². The summed E-state index contributed by atoms with van der Waals surface area (Å²) in [5, 5.41) is 10.3. The van der Waals surface area contributed by atoms with Crippen molar-refractivity contribution in [3.8, 4) is 0 Å². The summed E-state index contributed by atoms with van der Waals surface area (Å²) in [7, 11) is 0. The molecule has 3 atom stereocenters. The Morgan fingerprint density at radius 1 is 1.04 bits per heavy atom. The number of benzene rings is 2. The third-order valence-corrected chi connectivity index (χ3v) is 4.72. The zero-order valence-corrected chi connectivity index (χ0v) is 13.2.